The fourth-order valence-electron chi connectivity index (χ4n) is 1.71. The van der Waals surface area contributed by atoms with Crippen LogP contribution in [0.15, 0.2) is 36.5 Å². The summed E-state index contributed by atoms with van der Waals surface area (Å²) in [5.41, 5.74) is 4.48. The first-order chi connectivity index (χ1) is 8.69. The zero-order valence-corrected chi connectivity index (χ0v) is 11.0. The predicted octanol–water partition coefficient (Wildman–Crippen LogP) is 3.32. The molecule has 3 nitrogen and oxygen atoms in total. The molecule has 0 amide bonds. The minimum atomic E-state index is 0.717. The fourth-order valence-corrected chi connectivity index (χ4v) is 1.71. The molecule has 1 N–H and O–H groups in total. The van der Waals surface area contributed by atoms with Crippen molar-refractivity contribution in [1.82, 2.24) is 4.98 Å². The number of methoxy groups -OCH3 is 1. The van der Waals surface area contributed by atoms with Crippen LogP contribution in [0.1, 0.15) is 16.8 Å². The second-order valence-electron chi connectivity index (χ2n) is 4.36. The van der Waals surface area contributed by atoms with Crippen molar-refractivity contribution < 1.29 is 4.74 Å². The summed E-state index contributed by atoms with van der Waals surface area (Å²) in [4.78, 5) is 4.37. The van der Waals surface area contributed by atoms with Gasteiger partial charge in [-0.25, -0.2) is 0 Å². The van der Waals surface area contributed by atoms with E-state index in [4.69, 9.17) is 4.74 Å². The second-order valence-corrected chi connectivity index (χ2v) is 4.36. The molecule has 1 aromatic heterocycles. The monoisotopic (exact) mass is 242 g/mol. The number of anilines is 1. The topological polar surface area (TPSA) is 34.1 Å². The van der Waals surface area contributed by atoms with E-state index < -0.39 is 0 Å². The van der Waals surface area contributed by atoms with Gasteiger partial charge < -0.3 is 10.1 Å². The van der Waals surface area contributed by atoms with Gasteiger partial charge in [-0.2, -0.15) is 0 Å². The van der Waals surface area contributed by atoms with E-state index in [1.165, 1.54) is 11.1 Å². The summed E-state index contributed by atoms with van der Waals surface area (Å²) in [6, 6.07) is 10.1. The van der Waals surface area contributed by atoms with E-state index in [1.54, 1.807) is 7.11 Å². The SMILES string of the molecule is COc1ccc(C)c(NCc2ccc(C)cn2)c1. The van der Waals surface area contributed by atoms with Crippen LogP contribution in [-0.4, -0.2) is 12.1 Å². The van der Waals surface area contributed by atoms with Crippen molar-refractivity contribution in [2.45, 2.75) is 20.4 Å². The highest BCUT2D eigenvalue weighted by molar-refractivity contribution is 5.54. The lowest BCUT2D eigenvalue weighted by Gasteiger charge is -2.11. The zero-order chi connectivity index (χ0) is 13.0. The lowest BCUT2D eigenvalue weighted by Crippen LogP contribution is -2.03. The van der Waals surface area contributed by atoms with Gasteiger partial charge in [0.1, 0.15) is 5.75 Å². The third kappa shape index (κ3) is 3.00. The summed E-state index contributed by atoms with van der Waals surface area (Å²) in [5, 5.41) is 3.38. The number of aromatic nitrogens is 1. The third-order valence-electron chi connectivity index (χ3n) is 2.88. The van der Waals surface area contributed by atoms with Crippen molar-refractivity contribution in [1.29, 1.82) is 0 Å². The van der Waals surface area contributed by atoms with Gasteiger partial charge in [-0.1, -0.05) is 12.1 Å². The van der Waals surface area contributed by atoms with Crippen molar-refractivity contribution in [3.05, 3.63) is 53.3 Å². The maximum atomic E-state index is 5.22. The minimum absolute atomic E-state index is 0.717. The molecular weight excluding hydrogens is 224 g/mol. The molecule has 1 heterocycles. The number of hydrogen-bond donors (Lipinski definition) is 1. The predicted molar refractivity (Wildman–Crippen MR) is 74.0 cm³/mol. The molecule has 18 heavy (non-hydrogen) atoms. The lowest BCUT2D eigenvalue weighted by atomic mass is 10.2. The van der Waals surface area contributed by atoms with E-state index in [-0.39, 0.29) is 0 Å². The van der Waals surface area contributed by atoms with Crippen molar-refractivity contribution >= 4 is 5.69 Å². The standard InChI is InChI=1S/C15H18N2O/c1-11-4-6-13(16-9-11)10-17-15-8-14(18-3)7-5-12(15)2/h4-9,17H,10H2,1-3H3. The molecule has 1 aromatic carbocycles. The van der Waals surface area contributed by atoms with E-state index in [2.05, 4.69) is 23.3 Å². The minimum Gasteiger partial charge on any atom is -0.497 e. The average Bonchev–Trinajstić information content (AvgIpc) is 2.40. The first-order valence-electron chi connectivity index (χ1n) is 5.99. The molecule has 2 aromatic rings. The van der Waals surface area contributed by atoms with Gasteiger partial charge in [-0.3, -0.25) is 4.98 Å². The molecule has 0 aliphatic rings. The van der Waals surface area contributed by atoms with Crippen LogP contribution in [0.25, 0.3) is 0 Å². The largest absolute Gasteiger partial charge is 0.497 e. The molecule has 3 heteroatoms. The van der Waals surface area contributed by atoms with Crippen LogP contribution >= 0.6 is 0 Å². The number of nitrogens with zero attached hydrogens (tertiary/aromatic N) is 1. The molecule has 0 radical (unpaired) electrons. The summed E-state index contributed by atoms with van der Waals surface area (Å²) in [5.74, 6) is 0.861. The Hall–Kier alpha value is -2.03. The Labute approximate surface area is 108 Å². The molecule has 0 unspecified atom stereocenters. The molecule has 0 saturated heterocycles. The molecule has 0 atom stereocenters. The van der Waals surface area contributed by atoms with Crippen LogP contribution in [-0.2, 0) is 6.54 Å². The number of hydrogen-bond acceptors (Lipinski definition) is 3. The van der Waals surface area contributed by atoms with Crippen molar-refractivity contribution in [2.75, 3.05) is 12.4 Å². The van der Waals surface area contributed by atoms with Crippen molar-refractivity contribution in [3.8, 4) is 5.75 Å². The Morgan fingerprint density at radius 1 is 1.17 bits per heavy atom. The number of rotatable bonds is 4. The van der Waals surface area contributed by atoms with Crippen molar-refractivity contribution in [3.63, 3.8) is 0 Å². The fraction of sp³-hybridized carbons (Fsp3) is 0.267. The van der Waals surface area contributed by atoms with Gasteiger partial charge in [0.2, 0.25) is 0 Å². The van der Waals surface area contributed by atoms with Gasteiger partial charge in [-0.15, -0.1) is 0 Å². The smallest absolute Gasteiger partial charge is 0.120 e. The highest BCUT2D eigenvalue weighted by Crippen LogP contribution is 2.22. The van der Waals surface area contributed by atoms with E-state index in [0.717, 1.165) is 17.1 Å². The van der Waals surface area contributed by atoms with Gasteiger partial charge in [0.25, 0.3) is 0 Å². The van der Waals surface area contributed by atoms with Gasteiger partial charge >= 0.3 is 0 Å². The molecular formula is C15H18N2O. The van der Waals surface area contributed by atoms with Crippen LogP contribution in [0.4, 0.5) is 5.69 Å². The van der Waals surface area contributed by atoms with E-state index in [0.29, 0.717) is 6.54 Å². The Morgan fingerprint density at radius 3 is 2.67 bits per heavy atom. The maximum Gasteiger partial charge on any atom is 0.120 e. The number of pyridine rings is 1. The second kappa shape index (κ2) is 5.54. The highest BCUT2D eigenvalue weighted by Gasteiger charge is 2.01. The Kier molecular flexibility index (Phi) is 3.82. The van der Waals surface area contributed by atoms with Crippen LogP contribution in [0.3, 0.4) is 0 Å². The van der Waals surface area contributed by atoms with Crippen LogP contribution in [0.5, 0.6) is 5.75 Å². The quantitative estimate of drug-likeness (QED) is 0.893. The molecule has 0 bridgehead atoms. The Bertz CT molecular complexity index is 521. The summed E-state index contributed by atoms with van der Waals surface area (Å²) in [6.45, 7) is 4.83. The first-order valence-corrected chi connectivity index (χ1v) is 5.99. The van der Waals surface area contributed by atoms with E-state index in [9.17, 15) is 0 Å². The summed E-state index contributed by atoms with van der Waals surface area (Å²) in [7, 11) is 1.68. The molecule has 0 spiro atoms. The zero-order valence-electron chi connectivity index (χ0n) is 11.0. The average molecular weight is 242 g/mol. The molecule has 0 aliphatic carbocycles. The van der Waals surface area contributed by atoms with E-state index in [1.807, 2.05) is 37.4 Å². The number of nitrogens with one attached hydrogen (secondary N) is 1. The number of benzene rings is 1. The highest BCUT2D eigenvalue weighted by atomic mass is 16.5. The molecule has 0 aliphatic heterocycles. The summed E-state index contributed by atoms with van der Waals surface area (Å²) in [6.07, 6.45) is 1.88. The number of aryl methyl sites for hydroxylation is 2. The van der Waals surface area contributed by atoms with Crippen LogP contribution in [0.2, 0.25) is 0 Å². The molecule has 0 saturated carbocycles. The van der Waals surface area contributed by atoms with Gasteiger partial charge in [0.15, 0.2) is 0 Å². The van der Waals surface area contributed by atoms with Crippen LogP contribution < -0.4 is 10.1 Å². The first kappa shape index (κ1) is 12.4. The molecule has 94 valence electrons. The van der Waals surface area contributed by atoms with Gasteiger partial charge in [0.05, 0.1) is 19.3 Å². The number of ether oxygens (including phenoxy) is 1. The lowest BCUT2D eigenvalue weighted by molar-refractivity contribution is 0.415. The van der Waals surface area contributed by atoms with E-state index >= 15 is 0 Å². The third-order valence-corrected chi connectivity index (χ3v) is 2.88. The molecule has 2 rings (SSSR count). The maximum absolute atomic E-state index is 5.22. The van der Waals surface area contributed by atoms with Crippen molar-refractivity contribution in [2.24, 2.45) is 0 Å². The normalized spacial score (nSPS) is 10.2. The Morgan fingerprint density at radius 2 is 2.00 bits per heavy atom. The summed E-state index contributed by atoms with van der Waals surface area (Å²) >= 11 is 0. The van der Waals surface area contributed by atoms with Gasteiger partial charge in [0, 0.05) is 18.0 Å². The van der Waals surface area contributed by atoms with Crippen LogP contribution in [0, 0.1) is 13.8 Å². The van der Waals surface area contributed by atoms with Gasteiger partial charge in [-0.05, 0) is 37.1 Å². The Balaban J connectivity index is 2.07. The molecule has 0 fully saturated rings. The summed E-state index contributed by atoms with van der Waals surface area (Å²) < 4.78 is 5.22.